The number of rotatable bonds is 3. The van der Waals surface area contributed by atoms with Gasteiger partial charge in [-0.3, -0.25) is 0 Å². The van der Waals surface area contributed by atoms with Crippen molar-refractivity contribution >= 4 is 33.3 Å². The van der Waals surface area contributed by atoms with Crippen LogP contribution in [0.2, 0.25) is 0 Å². The number of fused-ring (bicyclic) bond motifs is 1. The molecule has 3 heterocycles. The number of carbonyl (C=O) groups excluding carboxylic acids is 1. The molecule has 1 aromatic carbocycles. The summed E-state index contributed by atoms with van der Waals surface area (Å²) >= 11 is 1.62. The minimum absolute atomic E-state index is 0.0192. The van der Waals surface area contributed by atoms with Gasteiger partial charge in [0.2, 0.25) is 0 Å². The van der Waals surface area contributed by atoms with E-state index in [-0.39, 0.29) is 6.03 Å². The highest BCUT2D eigenvalue weighted by Crippen LogP contribution is 2.23. The molecule has 4 rings (SSSR count). The molecule has 0 radical (unpaired) electrons. The SMILES string of the molecule is O=C(Nc1ccc2scnc2c1)N1CC[C@H](CN2CCCCC2)C1. The molecule has 1 aromatic heterocycles. The van der Waals surface area contributed by atoms with Gasteiger partial charge >= 0.3 is 6.03 Å². The first-order valence-electron chi connectivity index (χ1n) is 8.89. The van der Waals surface area contributed by atoms with Gasteiger partial charge in [0.15, 0.2) is 0 Å². The van der Waals surface area contributed by atoms with E-state index in [0.717, 1.165) is 42.0 Å². The van der Waals surface area contributed by atoms with Crippen LogP contribution in [0, 0.1) is 5.92 Å². The summed E-state index contributed by atoms with van der Waals surface area (Å²) in [5.74, 6) is 0.620. The third-order valence-corrected chi connectivity index (χ3v) is 5.93. The quantitative estimate of drug-likeness (QED) is 0.925. The van der Waals surface area contributed by atoms with Crippen LogP contribution in [0.4, 0.5) is 10.5 Å². The van der Waals surface area contributed by atoms with E-state index in [9.17, 15) is 4.79 Å². The van der Waals surface area contributed by atoms with Gasteiger partial charge in [0, 0.05) is 25.3 Å². The molecule has 1 N–H and O–H groups in total. The Bertz CT molecular complexity index is 710. The predicted octanol–water partition coefficient (Wildman–Crippen LogP) is 3.64. The molecule has 0 unspecified atom stereocenters. The van der Waals surface area contributed by atoms with Crippen molar-refractivity contribution < 1.29 is 4.79 Å². The summed E-state index contributed by atoms with van der Waals surface area (Å²) < 4.78 is 1.15. The Morgan fingerprint density at radius 3 is 3.00 bits per heavy atom. The van der Waals surface area contributed by atoms with Crippen LogP contribution >= 0.6 is 11.3 Å². The number of hydrogen-bond acceptors (Lipinski definition) is 4. The molecule has 24 heavy (non-hydrogen) atoms. The summed E-state index contributed by atoms with van der Waals surface area (Å²) in [4.78, 5) is 21.4. The molecule has 2 aromatic rings. The third kappa shape index (κ3) is 3.54. The van der Waals surface area contributed by atoms with Gasteiger partial charge in [-0.2, -0.15) is 0 Å². The smallest absolute Gasteiger partial charge is 0.321 e. The number of likely N-dealkylation sites (tertiary alicyclic amines) is 2. The number of nitrogens with zero attached hydrogens (tertiary/aromatic N) is 3. The van der Waals surface area contributed by atoms with Gasteiger partial charge in [-0.05, 0) is 56.5 Å². The highest BCUT2D eigenvalue weighted by Gasteiger charge is 2.28. The topological polar surface area (TPSA) is 48.5 Å². The van der Waals surface area contributed by atoms with Crippen LogP contribution in [0.3, 0.4) is 0 Å². The van der Waals surface area contributed by atoms with Crippen LogP contribution in [-0.2, 0) is 0 Å². The summed E-state index contributed by atoms with van der Waals surface area (Å²) in [6, 6.07) is 5.95. The molecule has 6 heteroatoms. The molecule has 0 aliphatic carbocycles. The van der Waals surface area contributed by atoms with E-state index in [2.05, 4.69) is 15.2 Å². The van der Waals surface area contributed by atoms with Crippen molar-refractivity contribution in [2.24, 2.45) is 5.92 Å². The maximum atomic E-state index is 12.5. The number of benzene rings is 1. The normalized spacial score (nSPS) is 22.2. The van der Waals surface area contributed by atoms with E-state index in [4.69, 9.17) is 0 Å². The van der Waals surface area contributed by atoms with Gasteiger partial charge in [-0.1, -0.05) is 6.42 Å². The Labute approximate surface area is 146 Å². The molecule has 0 saturated carbocycles. The molecule has 2 amide bonds. The van der Waals surface area contributed by atoms with Crippen molar-refractivity contribution in [3.05, 3.63) is 23.7 Å². The standard InChI is InChI=1S/C18H24N4OS/c23-18(20-15-4-5-17-16(10-15)19-13-24-17)22-9-6-14(12-22)11-21-7-2-1-3-8-21/h4-5,10,13-14H,1-3,6-9,11-12H2,(H,20,23)/t14-/m1/s1. The van der Waals surface area contributed by atoms with Crippen LogP contribution in [0.1, 0.15) is 25.7 Å². The van der Waals surface area contributed by atoms with Crippen molar-refractivity contribution in [3.8, 4) is 0 Å². The molecule has 1 atom stereocenters. The molecule has 128 valence electrons. The largest absolute Gasteiger partial charge is 0.324 e. The molecular formula is C18H24N4OS. The van der Waals surface area contributed by atoms with Crippen LogP contribution in [-0.4, -0.2) is 53.5 Å². The molecule has 2 saturated heterocycles. The van der Waals surface area contributed by atoms with Crippen molar-refractivity contribution in [2.75, 3.05) is 38.0 Å². The highest BCUT2D eigenvalue weighted by molar-refractivity contribution is 7.16. The fraction of sp³-hybridized carbons (Fsp3) is 0.556. The zero-order valence-electron chi connectivity index (χ0n) is 13.9. The Morgan fingerprint density at radius 1 is 1.25 bits per heavy atom. The number of hydrogen-bond donors (Lipinski definition) is 1. The van der Waals surface area contributed by atoms with Gasteiger partial charge in [0.25, 0.3) is 0 Å². The van der Waals surface area contributed by atoms with Crippen molar-refractivity contribution in [2.45, 2.75) is 25.7 Å². The average molecular weight is 344 g/mol. The number of piperidine rings is 1. The van der Waals surface area contributed by atoms with Gasteiger partial charge in [-0.25, -0.2) is 9.78 Å². The maximum absolute atomic E-state index is 12.5. The fourth-order valence-corrected chi connectivity index (χ4v) is 4.47. The van der Waals surface area contributed by atoms with Gasteiger partial charge in [0.1, 0.15) is 0 Å². The fourth-order valence-electron chi connectivity index (χ4n) is 3.81. The van der Waals surface area contributed by atoms with Crippen LogP contribution in [0.15, 0.2) is 23.7 Å². The number of anilines is 1. The summed E-state index contributed by atoms with van der Waals surface area (Å²) in [7, 11) is 0. The highest BCUT2D eigenvalue weighted by atomic mass is 32.1. The number of thiazole rings is 1. The van der Waals surface area contributed by atoms with E-state index in [1.807, 2.05) is 28.6 Å². The first-order chi connectivity index (χ1) is 11.8. The summed E-state index contributed by atoms with van der Waals surface area (Å²) in [6.45, 7) is 5.35. The molecule has 0 spiro atoms. The summed E-state index contributed by atoms with van der Waals surface area (Å²) in [6.07, 6.45) is 5.15. The third-order valence-electron chi connectivity index (χ3n) is 5.12. The van der Waals surface area contributed by atoms with E-state index in [1.165, 1.54) is 32.4 Å². The maximum Gasteiger partial charge on any atom is 0.321 e. The lowest BCUT2D eigenvalue weighted by atomic mass is 10.1. The molecule has 2 fully saturated rings. The Balaban J connectivity index is 1.31. The Kier molecular flexibility index (Phi) is 4.67. The minimum atomic E-state index is 0.0192. The van der Waals surface area contributed by atoms with Crippen molar-refractivity contribution in [1.29, 1.82) is 0 Å². The Morgan fingerprint density at radius 2 is 2.12 bits per heavy atom. The average Bonchev–Trinajstić information content (AvgIpc) is 3.24. The molecular weight excluding hydrogens is 320 g/mol. The van der Waals surface area contributed by atoms with E-state index >= 15 is 0 Å². The first-order valence-corrected chi connectivity index (χ1v) is 9.77. The van der Waals surface area contributed by atoms with E-state index in [0.29, 0.717) is 5.92 Å². The van der Waals surface area contributed by atoms with E-state index in [1.54, 1.807) is 11.3 Å². The monoisotopic (exact) mass is 344 g/mol. The second-order valence-corrected chi connectivity index (χ2v) is 7.81. The predicted molar refractivity (Wildman–Crippen MR) is 98.6 cm³/mol. The second-order valence-electron chi connectivity index (χ2n) is 6.93. The number of amides is 2. The second kappa shape index (κ2) is 7.07. The molecule has 2 aliphatic heterocycles. The Hall–Kier alpha value is -1.66. The van der Waals surface area contributed by atoms with Gasteiger partial charge in [0.05, 0.1) is 15.7 Å². The molecule has 5 nitrogen and oxygen atoms in total. The van der Waals surface area contributed by atoms with Crippen molar-refractivity contribution in [3.63, 3.8) is 0 Å². The van der Waals surface area contributed by atoms with Crippen LogP contribution < -0.4 is 5.32 Å². The molecule has 0 bridgehead atoms. The number of urea groups is 1. The number of nitrogens with one attached hydrogen (secondary N) is 1. The minimum Gasteiger partial charge on any atom is -0.324 e. The number of carbonyl (C=O) groups is 1. The van der Waals surface area contributed by atoms with Crippen LogP contribution in [0.5, 0.6) is 0 Å². The summed E-state index contributed by atoms with van der Waals surface area (Å²) in [5.41, 5.74) is 3.61. The van der Waals surface area contributed by atoms with Gasteiger partial charge < -0.3 is 15.1 Å². The summed E-state index contributed by atoms with van der Waals surface area (Å²) in [5, 5.41) is 3.03. The zero-order chi connectivity index (χ0) is 16.4. The molecule has 2 aliphatic rings. The number of aromatic nitrogens is 1. The van der Waals surface area contributed by atoms with Crippen LogP contribution in [0.25, 0.3) is 10.2 Å². The van der Waals surface area contributed by atoms with E-state index < -0.39 is 0 Å². The lowest BCUT2D eigenvalue weighted by Gasteiger charge is -2.29. The lowest BCUT2D eigenvalue weighted by molar-refractivity contribution is 0.192. The lowest BCUT2D eigenvalue weighted by Crippen LogP contribution is -2.37. The van der Waals surface area contributed by atoms with Crippen molar-refractivity contribution in [1.82, 2.24) is 14.8 Å². The zero-order valence-corrected chi connectivity index (χ0v) is 14.7. The first kappa shape index (κ1) is 15.8. The van der Waals surface area contributed by atoms with Gasteiger partial charge in [-0.15, -0.1) is 11.3 Å².